The number of anilines is 3. The van der Waals surface area contributed by atoms with E-state index in [0.717, 1.165) is 35.5 Å². The third kappa shape index (κ3) is 7.04. The number of carbonyl (C=O) groups is 1. The Hall–Kier alpha value is -4.26. The lowest BCUT2D eigenvalue weighted by atomic mass is 9.98. The lowest BCUT2D eigenvalue weighted by molar-refractivity contribution is -0.137. The average molecular weight is 613 g/mol. The first kappa shape index (κ1) is 30.2. The van der Waals surface area contributed by atoms with Crippen molar-refractivity contribution in [1.82, 2.24) is 19.7 Å². The summed E-state index contributed by atoms with van der Waals surface area (Å²) in [6.45, 7) is 5.89. The molecule has 13 heteroatoms. The van der Waals surface area contributed by atoms with Gasteiger partial charge in [0.05, 0.1) is 22.8 Å². The van der Waals surface area contributed by atoms with Gasteiger partial charge in [-0.15, -0.1) is 0 Å². The summed E-state index contributed by atoms with van der Waals surface area (Å²) in [7, 11) is -3.23. The number of Topliss-reactive ketones (excluding diaryl/α,β-unsaturated/α-hetero) is 1. The molecule has 226 valence electrons. The maximum absolute atomic E-state index is 13.8. The summed E-state index contributed by atoms with van der Waals surface area (Å²) >= 11 is 0. The lowest BCUT2D eigenvalue weighted by Crippen LogP contribution is -2.40. The number of hydrogen-bond donors (Lipinski definition) is 1. The van der Waals surface area contributed by atoms with E-state index >= 15 is 0 Å². The van der Waals surface area contributed by atoms with Crippen molar-refractivity contribution in [2.45, 2.75) is 39.8 Å². The van der Waals surface area contributed by atoms with Crippen LogP contribution in [-0.4, -0.2) is 58.5 Å². The quantitative estimate of drug-likeness (QED) is 0.268. The van der Waals surface area contributed by atoms with Crippen LogP contribution < -0.4 is 10.2 Å². The number of ketones is 1. The molecule has 0 radical (unpaired) electrons. The van der Waals surface area contributed by atoms with Crippen LogP contribution in [0.2, 0.25) is 0 Å². The Balaban J connectivity index is 1.41. The summed E-state index contributed by atoms with van der Waals surface area (Å²) in [5.74, 6) is 0.456. The summed E-state index contributed by atoms with van der Waals surface area (Å²) in [6.07, 6.45) is -2.58. The molecule has 1 aliphatic rings. The number of alkyl halides is 3. The highest BCUT2D eigenvalue weighted by molar-refractivity contribution is 7.91. The molecular formula is C30H31F3N6O3S. The molecule has 0 atom stereocenters. The number of rotatable bonds is 8. The molecular weight excluding hydrogens is 581 g/mol. The number of halogens is 3. The number of sulfone groups is 1. The molecule has 0 spiro atoms. The van der Waals surface area contributed by atoms with Gasteiger partial charge in [0.25, 0.3) is 0 Å². The van der Waals surface area contributed by atoms with Crippen LogP contribution in [0, 0.1) is 13.8 Å². The zero-order valence-electron chi connectivity index (χ0n) is 23.9. The monoisotopic (exact) mass is 612 g/mol. The minimum atomic E-state index is -4.67. The van der Waals surface area contributed by atoms with Gasteiger partial charge in [-0.25, -0.2) is 18.4 Å². The third-order valence-electron chi connectivity index (χ3n) is 7.33. The van der Waals surface area contributed by atoms with Crippen LogP contribution in [0.5, 0.6) is 0 Å². The molecule has 3 heterocycles. The van der Waals surface area contributed by atoms with Gasteiger partial charge in [0, 0.05) is 54.3 Å². The fourth-order valence-electron chi connectivity index (χ4n) is 4.89. The summed E-state index contributed by atoms with van der Waals surface area (Å²) < 4.78 is 66.7. The summed E-state index contributed by atoms with van der Waals surface area (Å²) in [6, 6.07) is 12.3. The Labute approximate surface area is 247 Å². The molecule has 0 aliphatic carbocycles. The van der Waals surface area contributed by atoms with E-state index in [4.69, 9.17) is 0 Å². The Morgan fingerprint density at radius 3 is 2.44 bits per heavy atom. The van der Waals surface area contributed by atoms with Crippen molar-refractivity contribution < 1.29 is 26.4 Å². The van der Waals surface area contributed by atoms with Crippen molar-refractivity contribution in [3.8, 4) is 5.82 Å². The smallest absolute Gasteiger partial charge is 0.369 e. The zero-order valence-corrected chi connectivity index (χ0v) is 24.8. The highest BCUT2D eigenvalue weighted by atomic mass is 32.2. The van der Waals surface area contributed by atoms with Gasteiger partial charge < -0.3 is 10.2 Å². The second-order valence-corrected chi connectivity index (χ2v) is 12.9. The maximum Gasteiger partial charge on any atom is 0.416 e. The highest BCUT2D eigenvalue weighted by Crippen LogP contribution is 2.34. The van der Waals surface area contributed by atoms with Gasteiger partial charge in [0.15, 0.2) is 21.4 Å². The van der Waals surface area contributed by atoms with E-state index < -0.39 is 27.4 Å². The number of nitrogens with zero attached hydrogens (tertiary/aromatic N) is 5. The number of hydrogen-bond acceptors (Lipinski definition) is 8. The van der Waals surface area contributed by atoms with Gasteiger partial charge in [0.2, 0.25) is 0 Å². The molecule has 9 nitrogen and oxygen atoms in total. The van der Waals surface area contributed by atoms with E-state index in [9.17, 15) is 26.4 Å². The van der Waals surface area contributed by atoms with E-state index in [1.165, 1.54) is 12.4 Å². The molecule has 1 N–H and O–H groups in total. The van der Waals surface area contributed by atoms with Crippen molar-refractivity contribution in [3.05, 3.63) is 88.5 Å². The first-order chi connectivity index (χ1) is 20.3. The average Bonchev–Trinajstić information content (AvgIpc) is 3.33. The zero-order chi connectivity index (χ0) is 30.9. The first-order valence-corrected chi connectivity index (χ1v) is 15.6. The summed E-state index contributed by atoms with van der Waals surface area (Å²) in [5.41, 5.74) is 2.97. The molecule has 2 aromatic heterocycles. The largest absolute Gasteiger partial charge is 0.416 e. The van der Waals surface area contributed by atoms with Crippen LogP contribution in [0.1, 0.15) is 45.4 Å². The minimum Gasteiger partial charge on any atom is -0.369 e. The molecule has 1 saturated heterocycles. The molecule has 1 aliphatic heterocycles. The van der Waals surface area contributed by atoms with Crippen molar-refractivity contribution in [3.63, 3.8) is 0 Å². The van der Waals surface area contributed by atoms with Gasteiger partial charge in [0.1, 0.15) is 12.1 Å². The third-order valence-corrected chi connectivity index (χ3v) is 8.94. The molecule has 1 fully saturated rings. The van der Waals surface area contributed by atoms with Crippen molar-refractivity contribution in [2.24, 2.45) is 0 Å². The predicted octanol–water partition coefficient (Wildman–Crippen LogP) is 5.26. The second-order valence-electron chi connectivity index (χ2n) is 10.6. The molecule has 43 heavy (non-hydrogen) atoms. The van der Waals surface area contributed by atoms with Gasteiger partial charge in [-0.2, -0.15) is 23.0 Å². The molecule has 0 unspecified atom stereocenters. The van der Waals surface area contributed by atoms with Gasteiger partial charge >= 0.3 is 6.18 Å². The number of carbonyl (C=O) groups excluding carboxylic acids is 1. The lowest BCUT2D eigenvalue weighted by Gasteiger charge is -2.29. The van der Waals surface area contributed by atoms with Crippen LogP contribution in [-0.2, 0) is 28.9 Å². The highest BCUT2D eigenvalue weighted by Gasteiger charge is 2.33. The predicted molar refractivity (Wildman–Crippen MR) is 158 cm³/mol. The number of aromatic nitrogens is 4. The van der Waals surface area contributed by atoms with Crippen LogP contribution in [0.25, 0.3) is 5.82 Å². The first-order valence-electron chi connectivity index (χ1n) is 13.8. The Morgan fingerprint density at radius 1 is 1.00 bits per heavy atom. The Kier molecular flexibility index (Phi) is 8.28. The van der Waals surface area contributed by atoms with E-state index in [1.807, 2.05) is 39.0 Å². The SMILES string of the molecule is CCc1cc(-n2nc(C)cc2Nc2cc(CC(=O)c3cc(N4CCS(=O)(=O)CC4)cc(C(F)(F)F)c3)ccc2C)ncn1. The standard InChI is InChI=1S/C30H31F3N6O3S/c1-4-24-17-28(35-18-34-24)39-29(11-20(3)37-39)36-26-12-21(6-5-19(26)2)13-27(40)22-14-23(30(31,32)33)16-25(15-22)38-7-9-43(41,42)10-8-38/h5-6,11-12,14-18,36H,4,7-10,13H2,1-3H3. The molecule has 5 rings (SSSR count). The second kappa shape index (κ2) is 11.8. The molecule has 0 saturated carbocycles. The van der Waals surface area contributed by atoms with E-state index in [1.54, 1.807) is 21.7 Å². The van der Waals surface area contributed by atoms with Crippen LogP contribution in [0.15, 0.2) is 54.9 Å². The normalized spacial score (nSPS) is 15.0. The number of aryl methyl sites for hydroxylation is 3. The molecule has 0 bridgehead atoms. The van der Waals surface area contributed by atoms with Crippen molar-refractivity contribution in [2.75, 3.05) is 34.8 Å². The Bertz CT molecular complexity index is 1770. The Morgan fingerprint density at radius 2 is 1.74 bits per heavy atom. The maximum atomic E-state index is 13.8. The minimum absolute atomic E-state index is 0.0646. The molecule has 2 aromatic carbocycles. The topological polar surface area (TPSA) is 110 Å². The van der Waals surface area contributed by atoms with Gasteiger partial charge in [-0.1, -0.05) is 19.1 Å². The molecule has 0 amide bonds. The van der Waals surface area contributed by atoms with Crippen LogP contribution in [0.4, 0.5) is 30.4 Å². The molecule has 4 aromatic rings. The summed E-state index contributed by atoms with van der Waals surface area (Å²) in [5, 5.41) is 7.92. The van der Waals surface area contributed by atoms with Crippen LogP contribution in [0.3, 0.4) is 0 Å². The number of nitrogens with one attached hydrogen (secondary N) is 1. The van der Waals surface area contributed by atoms with Gasteiger partial charge in [-0.3, -0.25) is 4.79 Å². The van der Waals surface area contributed by atoms with E-state index in [-0.39, 0.29) is 42.3 Å². The fourth-order valence-corrected chi connectivity index (χ4v) is 6.09. The van der Waals surface area contributed by atoms with Crippen molar-refractivity contribution in [1.29, 1.82) is 0 Å². The number of benzene rings is 2. The van der Waals surface area contributed by atoms with E-state index in [0.29, 0.717) is 22.9 Å². The fraction of sp³-hybridized carbons (Fsp3) is 0.333. The van der Waals surface area contributed by atoms with E-state index in [2.05, 4.69) is 20.4 Å². The van der Waals surface area contributed by atoms with Crippen molar-refractivity contribution >= 4 is 32.8 Å². The summed E-state index contributed by atoms with van der Waals surface area (Å²) in [4.78, 5) is 23.5. The van der Waals surface area contributed by atoms with Crippen LogP contribution >= 0.6 is 0 Å². The van der Waals surface area contributed by atoms with Gasteiger partial charge in [-0.05, 0) is 55.7 Å².